The zero-order valence-electron chi connectivity index (χ0n) is 11.9. The van der Waals surface area contributed by atoms with Crippen LogP contribution in [0.3, 0.4) is 0 Å². The predicted molar refractivity (Wildman–Crippen MR) is 76.5 cm³/mol. The van der Waals surface area contributed by atoms with Crippen LogP contribution in [-0.4, -0.2) is 24.5 Å². The van der Waals surface area contributed by atoms with Crippen molar-refractivity contribution in [2.45, 2.75) is 26.2 Å². The van der Waals surface area contributed by atoms with Gasteiger partial charge in [0.2, 0.25) is 5.91 Å². The summed E-state index contributed by atoms with van der Waals surface area (Å²) in [6.45, 7) is 4.13. The van der Waals surface area contributed by atoms with Gasteiger partial charge in [0.15, 0.2) is 11.6 Å². The van der Waals surface area contributed by atoms with E-state index in [0.29, 0.717) is 6.54 Å². The van der Waals surface area contributed by atoms with Crippen LogP contribution >= 0.6 is 0 Å². The zero-order valence-corrected chi connectivity index (χ0v) is 11.9. The number of hydrogen-bond donors (Lipinski definition) is 2. The first kappa shape index (κ1) is 14.4. The van der Waals surface area contributed by atoms with E-state index in [0.717, 1.165) is 22.9 Å². The molecule has 4 nitrogen and oxygen atoms in total. The molecule has 1 heterocycles. The first-order chi connectivity index (χ1) is 9.56. The molecule has 1 atom stereocenters. The molecular formula is C15H19FN2O2. The lowest BCUT2D eigenvalue weighted by Crippen LogP contribution is -2.25. The summed E-state index contributed by atoms with van der Waals surface area (Å²) >= 11 is 0. The van der Waals surface area contributed by atoms with E-state index in [1.165, 1.54) is 20.1 Å². The number of ether oxygens (including phenoxy) is 1. The molecule has 0 saturated heterocycles. The molecule has 2 rings (SSSR count). The van der Waals surface area contributed by atoms with E-state index in [4.69, 9.17) is 4.74 Å². The van der Waals surface area contributed by atoms with E-state index in [1.54, 1.807) is 6.07 Å². The molecule has 0 radical (unpaired) electrons. The number of hydrogen-bond acceptors (Lipinski definition) is 2. The fourth-order valence-electron chi connectivity index (χ4n) is 2.38. The van der Waals surface area contributed by atoms with Gasteiger partial charge in [0, 0.05) is 42.6 Å². The maximum atomic E-state index is 13.7. The second-order valence-electron chi connectivity index (χ2n) is 4.82. The first-order valence-corrected chi connectivity index (χ1v) is 6.65. The zero-order chi connectivity index (χ0) is 14.7. The first-order valence-electron chi connectivity index (χ1n) is 6.65. The van der Waals surface area contributed by atoms with Gasteiger partial charge in [-0.1, -0.05) is 6.92 Å². The van der Waals surface area contributed by atoms with Crippen molar-refractivity contribution in [3.63, 3.8) is 0 Å². The molecule has 0 bridgehead atoms. The van der Waals surface area contributed by atoms with Crippen LogP contribution in [0.4, 0.5) is 4.39 Å². The van der Waals surface area contributed by atoms with Gasteiger partial charge < -0.3 is 15.0 Å². The third-order valence-corrected chi connectivity index (χ3v) is 3.52. The average molecular weight is 278 g/mol. The van der Waals surface area contributed by atoms with Crippen LogP contribution in [0, 0.1) is 5.82 Å². The van der Waals surface area contributed by atoms with Gasteiger partial charge in [-0.25, -0.2) is 4.39 Å². The van der Waals surface area contributed by atoms with Crippen LogP contribution in [0.15, 0.2) is 18.3 Å². The van der Waals surface area contributed by atoms with Crippen molar-refractivity contribution in [2.24, 2.45) is 0 Å². The van der Waals surface area contributed by atoms with E-state index >= 15 is 0 Å². The van der Waals surface area contributed by atoms with Gasteiger partial charge in [0.25, 0.3) is 0 Å². The SMILES string of the molecule is CCC(CNC(C)=O)c1c[nH]c2cc(F)c(OC)cc12. The van der Waals surface area contributed by atoms with Gasteiger partial charge in [-0.15, -0.1) is 0 Å². The Morgan fingerprint density at radius 2 is 2.25 bits per heavy atom. The number of carbonyl (C=O) groups is 1. The number of rotatable bonds is 5. The highest BCUT2D eigenvalue weighted by Gasteiger charge is 2.16. The fraction of sp³-hybridized carbons (Fsp3) is 0.400. The highest BCUT2D eigenvalue weighted by atomic mass is 19.1. The Balaban J connectivity index is 2.39. The molecule has 0 aliphatic heterocycles. The Morgan fingerprint density at radius 1 is 1.50 bits per heavy atom. The topological polar surface area (TPSA) is 54.1 Å². The highest BCUT2D eigenvalue weighted by Crippen LogP contribution is 2.31. The van der Waals surface area contributed by atoms with Crippen molar-refractivity contribution >= 4 is 16.8 Å². The minimum Gasteiger partial charge on any atom is -0.494 e. The van der Waals surface area contributed by atoms with Gasteiger partial charge in [-0.2, -0.15) is 0 Å². The summed E-state index contributed by atoms with van der Waals surface area (Å²) in [5.41, 5.74) is 1.80. The molecule has 0 aliphatic carbocycles. The predicted octanol–water partition coefficient (Wildman–Crippen LogP) is 2.95. The number of aromatic nitrogens is 1. The minimum absolute atomic E-state index is 0.0492. The van der Waals surface area contributed by atoms with Crippen LogP contribution < -0.4 is 10.1 Å². The van der Waals surface area contributed by atoms with Crippen molar-refractivity contribution in [1.82, 2.24) is 10.3 Å². The second-order valence-corrected chi connectivity index (χ2v) is 4.82. The summed E-state index contributed by atoms with van der Waals surface area (Å²) in [6.07, 6.45) is 2.76. The van der Waals surface area contributed by atoms with E-state index in [2.05, 4.69) is 17.2 Å². The average Bonchev–Trinajstić information content (AvgIpc) is 2.81. The molecule has 2 N–H and O–H groups in total. The number of methoxy groups -OCH3 is 1. The Morgan fingerprint density at radius 3 is 2.85 bits per heavy atom. The minimum atomic E-state index is -0.386. The van der Waals surface area contributed by atoms with Crippen molar-refractivity contribution in [3.8, 4) is 5.75 Å². The summed E-state index contributed by atoms with van der Waals surface area (Å²) in [4.78, 5) is 14.1. The number of H-pyrrole nitrogens is 1. The monoisotopic (exact) mass is 278 g/mol. The largest absolute Gasteiger partial charge is 0.494 e. The van der Waals surface area contributed by atoms with Crippen molar-refractivity contribution in [2.75, 3.05) is 13.7 Å². The molecule has 20 heavy (non-hydrogen) atoms. The molecule has 1 aromatic carbocycles. The third kappa shape index (κ3) is 2.76. The van der Waals surface area contributed by atoms with Crippen LogP contribution in [0.25, 0.3) is 10.9 Å². The second kappa shape index (κ2) is 5.94. The lowest BCUT2D eigenvalue weighted by molar-refractivity contribution is -0.119. The summed E-state index contributed by atoms with van der Waals surface area (Å²) in [5, 5.41) is 3.76. The molecule has 0 fully saturated rings. The number of amides is 1. The third-order valence-electron chi connectivity index (χ3n) is 3.52. The standard InChI is InChI=1S/C15H19FN2O2/c1-4-10(7-17-9(2)19)12-8-18-14-6-13(16)15(20-3)5-11(12)14/h5-6,8,10,18H,4,7H2,1-3H3,(H,17,19). The molecule has 0 spiro atoms. The van der Waals surface area contributed by atoms with E-state index in [9.17, 15) is 9.18 Å². The number of benzene rings is 1. The fourth-order valence-corrected chi connectivity index (χ4v) is 2.38. The number of nitrogens with one attached hydrogen (secondary N) is 2. The highest BCUT2D eigenvalue weighted by molar-refractivity contribution is 5.85. The molecule has 5 heteroatoms. The molecular weight excluding hydrogens is 259 g/mol. The Bertz CT molecular complexity index is 622. The van der Waals surface area contributed by atoms with Gasteiger partial charge in [-0.05, 0) is 18.1 Å². The molecule has 108 valence electrons. The van der Waals surface area contributed by atoms with Crippen molar-refractivity contribution in [1.29, 1.82) is 0 Å². The summed E-state index contributed by atoms with van der Waals surface area (Å²) in [7, 11) is 1.45. The lowest BCUT2D eigenvalue weighted by Gasteiger charge is -2.15. The smallest absolute Gasteiger partial charge is 0.216 e. The Hall–Kier alpha value is -2.04. The number of halogens is 1. The molecule has 2 aromatic rings. The van der Waals surface area contributed by atoms with Gasteiger partial charge in [-0.3, -0.25) is 4.79 Å². The number of aromatic amines is 1. The maximum Gasteiger partial charge on any atom is 0.216 e. The molecule has 0 saturated carbocycles. The van der Waals surface area contributed by atoms with Gasteiger partial charge in [0.05, 0.1) is 7.11 Å². The molecule has 1 amide bonds. The lowest BCUT2D eigenvalue weighted by atomic mass is 9.95. The van der Waals surface area contributed by atoms with Crippen LogP contribution in [0.5, 0.6) is 5.75 Å². The van der Waals surface area contributed by atoms with E-state index < -0.39 is 0 Å². The number of fused-ring (bicyclic) bond motifs is 1. The Labute approximate surface area is 117 Å². The normalized spacial score (nSPS) is 12.4. The Kier molecular flexibility index (Phi) is 4.27. The molecule has 1 aromatic heterocycles. The number of carbonyl (C=O) groups excluding carboxylic acids is 1. The van der Waals surface area contributed by atoms with Crippen LogP contribution in [0.1, 0.15) is 31.7 Å². The summed E-state index contributed by atoms with van der Waals surface area (Å²) in [5.74, 6) is -0.0224. The molecule has 1 unspecified atom stereocenters. The maximum absolute atomic E-state index is 13.7. The van der Waals surface area contributed by atoms with Crippen LogP contribution in [0.2, 0.25) is 0 Å². The summed E-state index contributed by atoms with van der Waals surface area (Å²) in [6, 6.07) is 3.13. The van der Waals surface area contributed by atoms with Gasteiger partial charge >= 0.3 is 0 Å². The van der Waals surface area contributed by atoms with Crippen molar-refractivity contribution in [3.05, 3.63) is 29.7 Å². The van der Waals surface area contributed by atoms with E-state index in [1.807, 2.05) is 6.20 Å². The van der Waals surface area contributed by atoms with Crippen molar-refractivity contribution < 1.29 is 13.9 Å². The van der Waals surface area contributed by atoms with E-state index in [-0.39, 0.29) is 23.4 Å². The molecule has 0 aliphatic rings. The van der Waals surface area contributed by atoms with Crippen LogP contribution in [-0.2, 0) is 4.79 Å². The van der Waals surface area contributed by atoms with Gasteiger partial charge in [0.1, 0.15) is 0 Å². The quantitative estimate of drug-likeness (QED) is 0.883. The summed E-state index contributed by atoms with van der Waals surface area (Å²) < 4.78 is 18.7.